The monoisotopic (exact) mass is 202 g/mol. The second kappa shape index (κ2) is 5.24. The first-order valence-electron chi connectivity index (χ1n) is 4.30. The molecule has 13 heavy (non-hydrogen) atoms. The van der Waals surface area contributed by atoms with Crippen LogP contribution in [0.1, 0.15) is 25.6 Å². The van der Waals surface area contributed by atoms with Crippen LogP contribution in [-0.2, 0) is 12.2 Å². The number of rotatable bonds is 5. The molecule has 0 aliphatic rings. The Kier molecular flexibility index (Phi) is 4.24. The van der Waals surface area contributed by atoms with Crippen molar-refractivity contribution in [2.24, 2.45) is 0 Å². The van der Waals surface area contributed by atoms with Crippen molar-refractivity contribution in [3.05, 3.63) is 11.8 Å². The predicted molar refractivity (Wildman–Crippen MR) is 51.5 cm³/mol. The topological polar surface area (TPSA) is 59.2 Å². The summed E-state index contributed by atoms with van der Waals surface area (Å²) in [6, 6.07) is 0. The highest BCUT2D eigenvalue weighted by atomic mass is 32.2. The summed E-state index contributed by atoms with van der Waals surface area (Å²) in [5.41, 5.74) is 0. The number of aliphatic hydroxyl groups is 1. The van der Waals surface area contributed by atoms with Crippen LogP contribution in [0.15, 0.2) is 4.42 Å². The molecule has 1 aromatic heterocycles. The van der Waals surface area contributed by atoms with Crippen LogP contribution in [0.3, 0.4) is 0 Å². The number of aromatic nitrogens is 2. The summed E-state index contributed by atoms with van der Waals surface area (Å²) < 4.78 is 5.30. The average Bonchev–Trinajstić information content (AvgIpc) is 2.61. The Bertz CT molecular complexity index is 252. The lowest BCUT2D eigenvalue weighted by Crippen LogP contribution is -2.02. The molecule has 5 heteroatoms. The van der Waals surface area contributed by atoms with Gasteiger partial charge in [-0.3, -0.25) is 0 Å². The molecular weight excluding hydrogens is 188 g/mol. The lowest BCUT2D eigenvalue weighted by atomic mass is 10.5. The van der Waals surface area contributed by atoms with Crippen molar-refractivity contribution in [3.63, 3.8) is 0 Å². The molecule has 0 saturated heterocycles. The fourth-order valence-corrected chi connectivity index (χ4v) is 1.40. The molecule has 1 unspecified atom stereocenters. The minimum absolute atomic E-state index is 0.180. The Morgan fingerprint density at radius 1 is 1.46 bits per heavy atom. The van der Waals surface area contributed by atoms with Gasteiger partial charge in [-0.15, -0.1) is 22.0 Å². The normalized spacial score (nSPS) is 13.2. The molecule has 0 radical (unpaired) electrons. The lowest BCUT2D eigenvalue weighted by molar-refractivity contribution is 0.300. The van der Waals surface area contributed by atoms with Gasteiger partial charge in [0.25, 0.3) is 0 Å². The number of aryl methyl sites for hydroxylation is 1. The van der Waals surface area contributed by atoms with E-state index in [1.807, 2.05) is 13.8 Å². The van der Waals surface area contributed by atoms with E-state index < -0.39 is 0 Å². The third-order valence-electron chi connectivity index (χ3n) is 1.56. The quantitative estimate of drug-likeness (QED) is 0.778. The Labute approximate surface area is 81.7 Å². The second-order valence-corrected chi connectivity index (χ2v) is 4.17. The van der Waals surface area contributed by atoms with Gasteiger partial charge in [-0.25, -0.2) is 0 Å². The summed E-state index contributed by atoms with van der Waals surface area (Å²) in [6.45, 7) is 4.11. The maximum Gasteiger partial charge on any atom is 0.226 e. The van der Waals surface area contributed by atoms with E-state index in [-0.39, 0.29) is 11.9 Å². The van der Waals surface area contributed by atoms with Crippen molar-refractivity contribution in [2.45, 2.75) is 31.3 Å². The lowest BCUT2D eigenvalue weighted by Gasteiger charge is -2.03. The van der Waals surface area contributed by atoms with E-state index in [1.165, 1.54) is 0 Å². The van der Waals surface area contributed by atoms with Crippen LogP contribution in [0.5, 0.6) is 0 Å². The minimum atomic E-state index is 0.180. The van der Waals surface area contributed by atoms with Gasteiger partial charge in [0.15, 0.2) is 0 Å². The zero-order valence-corrected chi connectivity index (χ0v) is 8.67. The summed E-state index contributed by atoms with van der Waals surface area (Å²) in [7, 11) is 0. The molecule has 74 valence electrons. The summed E-state index contributed by atoms with van der Waals surface area (Å²) >= 11 is 1.61. The second-order valence-electron chi connectivity index (χ2n) is 2.75. The molecular formula is C8H14N2O2S. The van der Waals surface area contributed by atoms with Crippen LogP contribution >= 0.6 is 11.8 Å². The van der Waals surface area contributed by atoms with Crippen molar-refractivity contribution < 1.29 is 9.52 Å². The van der Waals surface area contributed by atoms with Gasteiger partial charge < -0.3 is 9.52 Å². The van der Waals surface area contributed by atoms with E-state index in [0.29, 0.717) is 17.5 Å². The first-order valence-corrected chi connectivity index (χ1v) is 5.34. The maximum absolute atomic E-state index is 8.78. The highest BCUT2D eigenvalue weighted by Crippen LogP contribution is 2.16. The third-order valence-corrected chi connectivity index (χ3v) is 2.69. The number of thioether (sulfide) groups is 1. The molecule has 0 saturated carbocycles. The predicted octanol–water partition coefficient (Wildman–Crippen LogP) is 1.25. The number of nitrogens with zero attached hydrogens (tertiary/aromatic N) is 2. The molecule has 0 aliphatic carbocycles. The molecule has 1 aromatic rings. The fraction of sp³-hybridized carbons (Fsp3) is 0.750. The zero-order chi connectivity index (χ0) is 9.68. The summed E-state index contributed by atoms with van der Waals surface area (Å²) in [5, 5.41) is 16.7. The Hall–Kier alpha value is -0.550. The van der Waals surface area contributed by atoms with Gasteiger partial charge in [0.1, 0.15) is 0 Å². The van der Waals surface area contributed by atoms with E-state index >= 15 is 0 Å². The van der Waals surface area contributed by atoms with E-state index in [9.17, 15) is 0 Å². The van der Waals surface area contributed by atoms with E-state index in [1.54, 1.807) is 11.8 Å². The SMILES string of the molecule is CCc1nnc(CSC(C)CO)o1. The zero-order valence-electron chi connectivity index (χ0n) is 7.86. The molecule has 1 N–H and O–H groups in total. The smallest absolute Gasteiger partial charge is 0.226 e. The fourth-order valence-electron chi connectivity index (χ4n) is 0.756. The van der Waals surface area contributed by atoms with Crippen LogP contribution in [0.25, 0.3) is 0 Å². The Morgan fingerprint density at radius 2 is 2.15 bits per heavy atom. The van der Waals surface area contributed by atoms with Crippen molar-refractivity contribution in [3.8, 4) is 0 Å². The van der Waals surface area contributed by atoms with Gasteiger partial charge in [-0.1, -0.05) is 13.8 Å². The summed E-state index contributed by atoms with van der Waals surface area (Å²) in [6.07, 6.45) is 0.771. The van der Waals surface area contributed by atoms with Crippen molar-refractivity contribution in [2.75, 3.05) is 6.61 Å². The van der Waals surface area contributed by atoms with Crippen LogP contribution in [-0.4, -0.2) is 27.2 Å². The molecule has 0 aromatic carbocycles. The van der Waals surface area contributed by atoms with Gasteiger partial charge in [0, 0.05) is 11.7 Å². The molecule has 1 atom stereocenters. The molecule has 0 fully saturated rings. The number of hydrogen-bond acceptors (Lipinski definition) is 5. The van der Waals surface area contributed by atoms with E-state index in [0.717, 1.165) is 6.42 Å². The van der Waals surface area contributed by atoms with Crippen LogP contribution in [0.4, 0.5) is 0 Å². The Balaban J connectivity index is 2.36. The molecule has 0 aliphatic heterocycles. The van der Waals surface area contributed by atoms with Crippen LogP contribution in [0, 0.1) is 0 Å². The van der Waals surface area contributed by atoms with Crippen molar-refractivity contribution in [1.29, 1.82) is 0 Å². The van der Waals surface area contributed by atoms with Gasteiger partial charge in [-0.05, 0) is 0 Å². The van der Waals surface area contributed by atoms with Crippen molar-refractivity contribution >= 4 is 11.8 Å². The number of hydrogen-bond donors (Lipinski definition) is 1. The largest absolute Gasteiger partial charge is 0.424 e. The van der Waals surface area contributed by atoms with Gasteiger partial charge in [-0.2, -0.15) is 0 Å². The van der Waals surface area contributed by atoms with E-state index in [2.05, 4.69) is 10.2 Å². The van der Waals surface area contributed by atoms with Crippen LogP contribution < -0.4 is 0 Å². The standard InChI is InChI=1S/C8H14N2O2S/c1-3-7-9-10-8(12-7)5-13-6(2)4-11/h6,11H,3-5H2,1-2H3. The van der Waals surface area contributed by atoms with Crippen molar-refractivity contribution in [1.82, 2.24) is 10.2 Å². The van der Waals surface area contributed by atoms with E-state index in [4.69, 9.17) is 9.52 Å². The number of aliphatic hydroxyl groups excluding tert-OH is 1. The third kappa shape index (κ3) is 3.36. The molecule has 1 heterocycles. The highest BCUT2D eigenvalue weighted by Gasteiger charge is 2.06. The average molecular weight is 202 g/mol. The maximum atomic E-state index is 8.78. The van der Waals surface area contributed by atoms with Gasteiger partial charge >= 0.3 is 0 Å². The molecule has 0 spiro atoms. The molecule has 0 amide bonds. The van der Waals surface area contributed by atoms with Crippen LogP contribution in [0.2, 0.25) is 0 Å². The first-order chi connectivity index (χ1) is 6.26. The minimum Gasteiger partial charge on any atom is -0.424 e. The first kappa shape index (κ1) is 10.5. The summed E-state index contributed by atoms with van der Waals surface area (Å²) in [4.78, 5) is 0. The molecule has 0 bridgehead atoms. The molecule has 4 nitrogen and oxygen atoms in total. The van der Waals surface area contributed by atoms with Gasteiger partial charge in [0.2, 0.25) is 11.8 Å². The van der Waals surface area contributed by atoms with Gasteiger partial charge in [0.05, 0.1) is 12.4 Å². The highest BCUT2D eigenvalue weighted by molar-refractivity contribution is 7.99. The Morgan fingerprint density at radius 3 is 2.69 bits per heavy atom. The molecule has 1 rings (SSSR count). The summed E-state index contributed by atoms with van der Waals surface area (Å²) in [5.74, 6) is 1.99.